The molecular weight excluding hydrogens is 278 g/mol. The number of hydrogen-bond acceptors (Lipinski definition) is 3. The molecule has 5 heteroatoms. The molecule has 1 unspecified atom stereocenters. The van der Waals surface area contributed by atoms with Crippen molar-refractivity contribution in [1.29, 1.82) is 0 Å². The van der Waals surface area contributed by atoms with Crippen LogP contribution in [0.5, 0.6) is 11.5 Å². The number of fused-ring (bicyclic) bond motifs is 1. The number of carbonyl (C=O) groups is 1. The molecule has 0 aromatic heterocycles. The number of aldehydes is 1. The Morgan fingerprint density at radius 3 is 2.95 bits per heavy atom. The second-order valence-corrected chi connectivity index (χ2v) is 4.78. The van der Waals surface area contributed by atoms with E-state index in [1.165, 1.54) is 30.3 Å². The minimum atomic E-state index is -0.596. The van der Waals surface area contributed by atoms with Gasteiger partial charge < -0.3 is 9.47 Å². The van der Waals surface area contributed by atoms with Crippen molar-refractivity contribution in [3.05, 3.63) is 59.2 Å². The third kappa shape index (κ3) is 2.72. The average Bonchev–Trinajstić information content (AvgIpc) is 2.87. The first-order valence-electron chi connectivity index (χ1n) is 6.49. The molecule has 0 amide bonds. The molecule has 0 bridgehead atoms. The summed E-state index contributed by atoms with van der Waals surface area (Å²) < 4.78 is 37.7. The monoisotopic (exact) mass is 290 g/mol. The Hall–Kier alpha value is -2.43. The smallest absolute Gasteiger partial charge is 0.165 e. The highest BCUT2D eigenvalue weighted by atomic mass is 19.1. The van der Waals surface area contributed by atoms with Crippen molar-refractivity contribution in [3.8, 4) is 11.5 Å². The molecule has 1 aliphatic rings. The number of halogens is 2. The van der Waals surface area contributed by atoms with Gasteiger partial charge in [0.15, 0.2) is 17.9 Å². The van der Waals surface area contributed by atoms with E-state index >= 15 is 0 Å². The first-order valence-corrected chi connectivity index (χ1v) is 6.49. The Balaban J connectivity index is 1.69. The van der Waals surface area contributed by atoms with E-state index in [0.717, 1.165) is 5.56 Å². The minimum absolute atomic E-state index is 0.0814. The molecule has 1 heterocycles. The number of carbonyl (C=O) groups excluding carboxylic acids is 1. The van der Waals surface area contributed by atoms with E-state index in [0.29, 0.717) is 18.5 Å². The number of hydrogen-bond donors (Lipinski definition) is 0. The van der Waals surface area contributed by atoms with Gasteiger partial charge in [0.25, 0.3) is 0 Å². The molecule has 0 spiro atoms. The van der Waals surface area contributed by atoms with Crippen molar-refractivity contribution < 1.29 is 23.0 Å². The zero-order chi connectivity index (χ0) is 14.8. The lowest BCUT2D eigenvalue weighted by molar-refractivity contribution is 0.111. The summed E-state index contributed by atoms with van der Waals surface area (Å²) in [7, 11) is 0. The van der Waals surface area contributed by atoms with Crippen LogP contribution in [0.2, 0.25) is 0 Å². The first-order chi connectivity index (χ1) is 10.2. The predicted octanol–water partition coefficient (Wildman–Crippen LogP) is 3.16. The van der Waals surface area contributed by atoms with Crippen molar-refractivity contribution >= 4 is 6.29 Å². The Bertz CT molecular complexity index is 685. The number of para-hydroxylation sites is 1. The van der Waals surface area contributed by atoms with Crippen LogP contribution in [0, 0.1) is 11.6 Å². The molecule has 2 aromatic carbocycles. The topological polar surface area (TPSA) is 35.5 Å². The van der Waals surface area contributed by atoms with Crippen molar-refractivity contribution in [1.82, 2.24) is 0 Å². The quantitative estimate of drug-likeness (QED) is 0.811. The highest BCUT2D eigenvalue weighted by Crippen LogP contribution is 2.30. The molecule has 0 N–H and O–H groups in total. The lowest BCUT2D eigenvalue weighted by Crippen LogP contribution is -2.23. The molecule has 21 heavy (non-hydrogen) atoms. The van der Waals surface area contributed by atoms with Crippen molar-refractivity contribution in [3.63, 3.8) is 0 Å². The van der Waals surface area contributed by atoms with Gasteiger partial charge in [-0.3, -0.25) is 4.79 Å². The summed E-state index contributed by atoms with van der Waals surface area (Å²) in [6.45, 7) is 0.0814. The molecule has 0 saturated carbocycles. The standard InChI is InChI=1S/C16H12F2O3/c17-12-4-5-15-11(6-12)7-13(21-15)9-20-16-10(8-19)2-1-3-14(16)18/h1-6,8,13H,7,9H2. The highest BCUT2D eigenvalue weighted by molar-refractivity contribution is 5.79. The second kappa shape index (κ2) is 5.52. The van der Waals surface area contributed by atoms with E-state index in [-0.39, 0.29) is 29.8 Å². The lowest BCUT2D eigenvalue weighted by atomic mass is 10.1. The Morgan fingerprint density at radius 1 is 1.29 bits per heavy atom. The van der Waals surface area contributed by atoms with Crippen molar-refractivity contribution in [2.45, 2.75) is 12.5 Å². The Kier molecular flexibility index (Phi) is 3.56. The summed E-state index contributed by atoms with van der Waals surface area (Å²) >= 11 is 0. The fourth-order valence-corrected chi connectivity index (χ4v) is 2.33. The summed E-state index contributed by atoms with van der Waals surface area (Å²) in [6, 6.07) is 8.44. The summed E-state index contributed by atoms with van der Waals surface area (Å²) in [5.41, 5.74) is 0.907. The third-order valence-electron chi connectivity index (χ3n) is 3.30. The molecule has 0 fully saturated rings. The van der Waals surface area contributed by atoms with Gasteiger partial charge >= 0.3 is 0 Å². The number of rotatable bonds is 4. The van der Waals surface area contributed by atoms with Gasteiger partial charge in [0.2, 0.25) is 0 Å². The zero-order valence-corrected chi connectivity index (χ0v) is 11.0. The Morgan fingerprint density at radius 2 is 2.14 bits per heavy atom. The maximum absolute atomic E-state index is 13.7. The zero-order valence-electron chi connectivity index (χ0n) is 11.0. The van der Waals surface area contributed by atoms with E-state index < -0.39 is 5.82 Å². The van der Waals surface area contributed by atoms with Crippen LogP contribution in [0.1, 0.15) is 15.9 Å². The molecule has 1 aliphatic heterocycles. The summed E-state index contributed by atoms with van der Waals surface area (Å²) in [6.07, 6.45) is 0.691. The van der Waals surface area contributed by atoms with Crippen LogP contribution in [0.25, 0.3) is 0 Å². The van der Waals surface area contributed by atoms with E-state index in [1.54, 1.807) is 6.07 Å². The average molecular weight is 290 g/mol. The normalized spacial score (nSPS) is 16.2. The largest absolute Gasteiger partial charge is 0.486 e. The predicted molar refractivity (Wildman–Crippen MR) is 71.8 cm³/mol. The molecule has 3 nitrogen and oxygen atoms in total. The third-order valence-corrected chi connectivity index (χ3v) is 3.30. The second-order valence-electron chi connectivity index (χ2n) is 4.78. The van der Waals surface area contributed by atoms with Gasteiger partial charge in [-0.2, -0.15) is 0 Å². The van der Waals surface area contributed by atoms with Gasteiger partial charge in [-0.25, -0.2) is 8.78 Å². The maximum atomic E-state index is 13.7. The molecule has 2 aromatic rings. The fourth-order valence-electron chi connectivity index (χ4n) is 2.33. The highest BCUT2D eigenvalue weighted by Gasteiger charge is 2.24. The van der Waals surface area contributed by atoms with Gasteiger partial charge in [-0.15, -0.1) is 0 Å². The lowest BCUT2D eigenvalue weighted by Gasteiger charge is -2.14. The van der Waals surface area contributed by atoms with Crippen LogP contribution in [0.3, 0.4) is 0 Å². The molecule has 0 saturated heterocycles. The first kappa shape index (κ1) is 13.5. The molecule has 1 atom stereocenters. The number of benzene rings is 2. The van der Waals surface area contributed by atoms with Crippen molar-refractivity contribution in [2.24, 2.45) is 0 Å². The molecule has 0 aliphatic carbocycles. The van der Waals surface area contributed by atoms with Gasteiger partial charge in [-0.05, 0) is 30.3 Å². The molecule has 108 valence electrons. The minimum Gasteiger partial charge on any atom is -0.486 e. The van der Waals surface area contributed by atoms with Gasteiger partial charge in [0.05, 0.1) is 5.56 Å². The van der Waals surface area contributed by atoms with E-state index in [2.05, 4.69) is 0 Å². The van der Waals surface area contributed by atoms with Gasteiger partial charge in [0, 0.05) is 12.0 Å². The summed E-state index contributed by atoms with van der Waals surface area (Å²) in [5.74, 6) is -0.398. The van der Waals surface area contributed by atoms with Crippen LogP contribution in [0.4, 0.5) is 8.78 Å². The van der Waals surface area contributed by atoms with Crippen LogP contribution in [-0.2, 0) is 6.42 Å². The van der Waals surface area contributed by atoms with E-state index in [4.69, 9.17) is 9.47 Å². The maximum Gasteiger partial charge on any atom is 0.165 e. The summed E-state index contributed by atoms with van der Waals surface area (Å²) in [4.78, 5) is 10.9. The molecule has 0 radical (unpaired) electrons. The van der Waals surface area contributed by atoms with Crippen molar-refractivity contribution in [2.75, 3.05) is 6.61 Å². The van der Waals surface area contributed by atoms with Crippen LogP contribution in [0.15, 0.2) is 36.4 Å². The van der Waals surface area contributed by atoms with E-state index in [9.17, 15) is 13.6 Å². The van der Waals surface area contributed by atoms with Crippen LogP contribution >= 0.6 is 0 Å². The molecular formula is C16H12F2O3. The van der Waals surface area contributed by atoms with Crippen LogP contribution < -0.4 is 9.47 Å². The number of ether oxygens (including phenoxy) is 2. The molecule has 3 rings (SSSR count). The SMILES string of the molecule is O=Cc1cccc(F)c1OCC1Cc2cc(F)ccc2O1. The van der Waals surface area contributed by atoms with Gasteiger partial charge in [-0.1, -0.05) is 6.07 Å². The van der Waals surface area contributed by atoms with Crippen LogP contribution in [-0.4, -0.2) is 19.0 Å². The van der Waals surface area contributed by atoms with Gasteiger partial charge in [0.1, 0.15) is 24.3 Å². The Labute approximate surface area is 120 Å². The van der Waals surface area contributed by atoms with E-state index in [1.807, 2.05) is 0 Å². The summed E-state index contributed by atoms with van der Waals surface area (Å²) in [5, 5.41) is 0. The fraction of sp³-hybridized carbons (Fsp3) is 0.188.